The predicted molar refractivity (Wildman–Crippen MR) is 106 cm³/mol. The number of rotatable bonds is 5. The maximum Gasteiger partial charge on any atom is 0.270 e. The average molecular weight is 366 g/mol. The van der Waals surface area contributed by atoms with Crippen molar-refractivity contribution in [1.82, 2.24) is 19.9 Å². The topological polar surface area (TPSA) is 68.5 Å². The van der Waals surface area contributed by atoms with Crippen LogP contribution < -0.4 is 10.1 Å². The lowest BCUT2D eigenvalue weighted by molar-refractivity contribution is 0.0946. The van der Waals surface area contributed by atoms with E-state index in [4.69, 9.17) is 9.72 Å². The second-order valence-electron chi connectivity index (χ2n) is 7.53. The molecule has 1 N–H and O–H groups in total. The summed E-state index contributed by atoms with van der Waals surface area (Å²) < 4.78 is 7.10. The summed E-state index contributed by atoms with van der Waals surface area (Å²) >= 11 is 0. The van der Waals surface area contributed by atoms with Gasteiger partial charge in [-0.3, -0.25) is 4.79 Å². The highest BCUT2D eigenvalue weighted by Gasteiger charge is 2.22. The lowest BCUT2D eigenvalue weighted by Crippen LogP contribution is -2.26. The maximum atomic E-state index is 12.8. The molecular formula is C21H26N4O2. The Morgan fingerprint density at radius 3 is 2.63 bits per heavy atom. The number of ether oxygens (including phenoxy) is 1. The van der Waals surface area contributed by atoms with E-state index in [0.29, 0.717) is 29.3 Å². The Kier molecular flexibility index (Phi) is 5.17. The third-order valence-corrected chi connectivity index (χ3v) is 4.35. The first-order chi connectivity index (χ1) is 12.8. The van der Waals surface area contributed by atoms with E-state index in [0.717, 1.165) is 17.7 Å². The number of aromatic nitrogens is 3. The average Bonchev–Trinajstić information content (AvgIpc) is 3.09. The van der Waals surface area contributed by atoms with Crippen LogP contribution in [-0.4, -0.2) is 34.2 Å². The Balaban J connectivity index is 2.22. The zero-order valence-electron chi connectivity index (χ0n) is 16.5. The lowest BCUT2D eigenvalue weighted by atomic mass is 9.93. The Morgan fingerprint density at radius 2 is 1.96 bits per heavy atom. The second-order valence-corrected chi connectivity index (χ2v) is 7.53. The first-order valence-corrected chi connectivity index (χ1v) is 9.18. The molecule has 2 heterocycles. The predicted octanol–water partition coefficient (Wildman–Crippen LogP) is 3.84. The van der Waals surface area contributed by atoms with Gasteiger partial charge in [0.15, 0.2) is 5.65 Å². The molecule has 3 aromatic rings. The van der Waals surface area contributed by atoms with Gasteiger partial charge in [-0.15, -0.1) is 0 Å². The van der Waals surface area contributed by atoms with Crippen molar-refractivity contribution >= 4 is 11.6 Å². The Morgan fingerprint density at radius 1 is 1.22 bits per heavy atom. The number of hydrogen-bond acceptors (Lipinski definition) is 4. The molecule has 0 aliphatic rings. The Bertz CT molecular complexity index is 970. The molecule has 3 rings (SSSR count). The first kappa shape index (κ1) is 18.9. The molecule has 0 spiro atoms. The monoisotopic (exact) mass is 366 g/mol. The fraction of sp³-hybridized carbons (Fsp3) is 0.381. The van der Waals surface area contributed by atoms with E-state index in [1.807, 2.05) is 37.3 Å². The van der Waals surface area contributed by atoms with Crippen molar-refractivity contribution in [3.63, 3.8) is 0 Å². The van der Waals surface area contributed by atoms with E-state index in [1.54, 1.807) is 17.7 Å². The van der Waals surface area contributed by atoms with E-state index in [1.165, 1.54) is 0 Å². The van der Waals surface area contributed by atoms with Crippen LogP contribution in [-0.2, 0) is 5.41 Å². The van der Waals surface area contributed by atoms with Crippen LogP contribution in [0.25, 0.3) is 16.9 Å². The van der Waals surface area contributed by atoms with E-state index < -0.39 is 0 Å². The molecule has 6 heteroatoms. The highest BCUT2D eigenvalue weighted by molar-refractivity contribution is 5.94. The molecule has 0 bridgehead atoms. The SMILES string of the molecule is CCCNC(=O)c1cc(-c2ccccc2OC)nc2cc(C(C)(C)C)nn12. The van der Waals surface area contributed by atoms with Crippen molar-refractivity contribution in [3.8, 4) is 17.0 Å². The number of para-hydroxylation sites is 1. The van der Waals surface area contributed by atoms with E-state index in [-0.39, 0.29) is 11.3 Å². The normalized spacial score (nSPS) is 11.6. The number of benzene rings is 1. The molecule has 0 atom stereocenters. The molecule has 27 heavy (non-hydrogen) atoms. The zero-order valence-corrected chi connectivity index (χ0v) is 16.5. The van der Waals surface area contributed by atoms with Crippen LogP contribution >= 0.6 is 0 Å². The van der Waals surface area contributed by atoms with Crippen LogP contribution in [0.3, 0.4) is 0 Å². The first-order valence-electron chi connectivity index (χ1n) is 9.18. The van der Waals surface area contributed by atoms with Crippen LogP contribution in [0, 0.1) is 0 Å². The molecule has 142 valence electrons. The molecule has 1 amide bonds. The highest BCUT2D eigenvalue weighted by Crippen LogP contribution is 2.30. The minimum Gasteiger partial charge on any atom is -0.496 e. The van der Waals surface area contributed by atoms with E-state index in [9.17, 15) is 4.79 Å². The smallest absolute Gasteiger partial charge is 0.270 e. The number of carbonyl (C=O) groups is 1. The molecule has 2 aromatic heterocycles. The number of amides is 1. The number of nitrogens with zero attached hydrogens (tertiary/aromatic N) is 3. The van der Waals surface area contributed by atoms with Crippen molar-refractivity contribution in [2.75, 3.05) is 13.7 Å². The second kappa shape index (κ2) is 7.39. The molecule has 0 aliphatic heterocycles. The van der Waals surface area contributed by atoms with Crippen molar-refractivity contribution in [2.45, 2.75) is 39.5 Å². The van der Waals surface area contributed by atoms with Gasteiger partial charge in [-0.1, -0.05) is 39.8 Å². The molecular weight excluding hydrogens is 340 g/mol. The Hall–Kier alpha value is -2.89. The third kappa shape index (κ3) is 3.79. The van der Waals surface area contributed by atoms with Gasteiger partial charge in [0.05, 0.1) is 18.5 Å². The quantitative estimate of drug-likeness (QED) is 0.745. The largest absolute Gasteiger partial charge is 0.496 e. The highest BCUT2D eigenvalue weighted by atomic mass is 16.5. The van der Waals surface area contributed by atoms with Crippen LogP contribution in [0.1, 0.15) is 50.3 Å². The lowest BCUT2D eigenvalue weighted by Gasteiger charge is -2.13. The molecule has 0 unspecified atom stereocenters. The molecule has 6 nitrogen and oxygen atoms in total. The van der Waals surface area contributed by atoms with Gasteiger partial charge in [-0.25, -0.2) is 9.50 Å². The number of methoxy groups -OCH3 is 1. The van der Waals surface area contributed by atoms with Gasteiger partial charge in [-0.05, 0) is 24.6 Å². The van der Waals surface area contributed by atoms with Gasteiger partial charge in [0.1, 0.15) is 11.4 Å². The summed E-state index contributed by atoms with van der Waals surface area (Å²) in [4.78, 5) is 17.5. The fourth-order valence-corrected chi connectivity index (χ4v) is 2.83. The number of nitrogens with one attached hydrogen (secondary N) is 1. The Labute approximate surface area is 159 Å². The number of fused-ring (bicyclic) bond motifs is 1. The summed E-state index contributed by atoms with van der Waals surface area (Å²) in [6, 6.07) is 11.4. The van der Waals surface area contributed by atoms with Crippen molar-refractivity contribution in [1.29, 1.82) is 0 Å². The third-order valence-electron chi connectivity index (χ3n) is 4.35. The number of carbonyl (C=O) groups excluding carboxylic acids is 1. The summed E-state index contributed by atoms with van der Waals surface area (Å²) in [5.74, 6) is 0.550. The fourth-order valence-electron chi connectivity index (χ4n) is 2.83. The van der Waals surface area contributed by atoms with Gasteiger partial charge in [0.25, 0.3) is 5.91 Å². The van der Waals surface area contributed by atoms with E-state index in [2.05, 4.69) is 31.2 Å². The minimum absolute atomic E-state index is 0.143. The summed E-state index contributed by atoms with van der Waals surface area (Å²) in [5, 5.41) is 7.59. The van der Waals surface area contributed by atoms with E-state index >= 15 is 0 Å². The molecule has 0 saturated carbocycles. The van der Waals surface area contributed by atoms with Crippen LogP contribution in [0.2, 0.25) is 0 Å². The molecule has 0 saturated heterocycles. The summed E-state index contributed by atoms with van der Waals surface area (Å²) in [6.45, 7) is 8.90. The summed E-state index contributed by atoms with van der Waals surface area (Å²) in [6.07, 6.45) is 0.867. The van der Waals surface area contributed by atoms with Gasteiger partial charge >= 0.3 is 0 Å². The van der Waals surface area contributed by atoms with Crippen molar-refractivity contribution < 1.29 is 9.53 Å². The van der Waals surface area contributed by atoms with Crippen molar-refractivity contribution in [3.05, 3.63) is 47.8 Å². The van der Waals surface area contributed by atoms with Crippen LogP contribution in [0.4, 0.5) is 0 Å². The van der Waals surface area contributed by atoms with Gasteiger partial charge in [0.2, 0.25) is 0 Å². The molecule has 0 radical (unpaired) electrons. The summed E-state index contributed by atoms with van der Waals surface area (Å²) in [7, 11) is 1.63. The molecule has 1 aromatic carbocycles. The molecule has 0 fully saturated rings. The van der Waals surface area contributed by atoms with Crippen molar-refractivity contribution in [2.24, 2.45) is 0 Å². The van der Waals surface area contributed by atoms with Gasteiger partial charge in [0, 0.05) is 23.6 Å². The standard InChI is InChI=1S/C21H26N4O2/c1-6-11-22-20(26)16-12-15(14-9-7-8-10-17(14)27-5)23-19-13-18(21(2,3)4)24-25(16)19/h7-10,12-13H,6,11H2,1-5H3,(H,22,26). The number of hydrogen-bond donors (Lipinski definition) is 1. The molecule has 0 aliphatic carbocycles. The zero-order chi connectivity index (χ0) is 19.6. The maximum absolute atomic E-state index is 12.8. The van der Waals surface area contributed by atoms with Crippen LogP contribution in [0.15, 0.2) is 36.4 Å². The summed E-state index contributed by atoms with van der Waals surface area (Å²) in [5.41, 5.74) is 3.37. The van der Waals surface area contributed by atoms with Crippen LogP contribution in [0.5, 0.6) is 5.75 Å². The minimum atomic E-state index is -0.163. The van der Waals surface area contributed by atoms with Gasteiger partial charge < -0.3 is 10.1 Å². The van der Waals surface area contributed by atoms with Gasteiger partial charge in [-0.2, -0.15) is 5.10 Å².